The number of aryl methyl sites for hydroxylation is 1. The summed E-state index contributed by atoms with van der Waals surface area (Å²) in [5.41, 5.74) is 1.94. The highest BCUT2D eigenvalue weighted by atomic mass is 32.2. The summed E-state index contributed by atoms with van der Waals surface area (Å²) < 4.78 is 14.3. The van der Waals surface area contributed by atoms with Crippen LogP contribution in [0, 0.1) is 12.7 Å². The zero-order valence-electron chi connectivity index (χ0n) is 12.7. The summed E-state index contributed by atoms with van der Waals surface area (Å²) in [5.74, 6) is 2.14. The molecule has 0 spiro atoms. The van der Waals surface area contributed by atoms with E-state index in [1.807, 2.05) is 30.8 Å². The summed E-state index contributed by atoms with van der Waals surface area (Å²) in [7, 11) is 2.15. The van der Waals surface area contributed by atoms with E-state index >= 15 is 0 Å². The third-order valence-electron chi connectivity index (χ3n) is 3.93. The highest BCUT2D eigenvalue weighted by molar-refractivity contribution is 7.99. The predicted octanol–water partition coefficient (Wildman–Crippen LogP) is 3.22. The maximum Gasteiger partial charge on any atom is 0.128 e. The van der Waals surface area contributed by atoms with Crippen LogP contribution < -0.4 is 5.32 Å². The molecule has 1 fully saturated rings. The Kier molecular flexibility index (Phi) is 5.87. The van der Waals surface area contributed by atoms with Crippen LogP contribution in [-0.4, -0.2) is 42.6 Å². The number of nitrogens with one attached hydrogen (secondary N) is 1. The van der Waals surface area contributed by atoms with Gasteiger partial charge in [-0.2, -0.15) is 11.8 Å². The molecule has 0 aromatic heterocycles. The molecule has 1 N–H and O–H groups in total. The van der Waals surface area contributed by atoms with Crippen LogP contribution in [0.2, 0.25) is 0 Å². The second-order valence-corrected chi connectivity index (χ2v) is 6.73. The van der Waals surface area contributed by atoms with Gasteiger partial charge in [-0.1, -0.05) is 24.6 Å². The second-order valence-electron chi connectivity index (χ2n) is 5.58. The summed E-state index contributed by atoms with van der Waals surface area (Å²) in [4.78, 5) is 2.37. The maximum absolute atomic E-state index is 14.3. The molecule has 0 aliphatic carbocycles. The van der Waals surface area contributed by atoms with E-state index in [0.29, 0.717) is 6.04 Å². The van der Waals surface area contributed by atoms with Gasteiger partial charge in [0, 0.05) is 29.7 Å². The molecule has 0 amide bonds. The fraction of sp³-hybridized carbons (Fsp3) is 0.625. The Bertz CT molecular complexity index is 438. The number of benzene rings is 1. The van der Waals surface area contributed by atoms with E-state index in [1.54, 1.807) is 6.07 Å². The highest BCUT2D eigenvalue weighted by Gasteiger charge is 2.30. The van der Waals surface area contributed by atoms with Gasteiger partial charge in [-0.25, -0.2) is 4.39 Å². The van der Waals surface area contributed by atoms with Gasteiger partial charge in [0.1, 0.15) is 5.82 Å². The normalized spacial score (nSPS) is 21.9. The summed E-state index contributed by atoms with van der Waals surface area (Å²) in [5, 5.41) is 3.56. The van der Waals surface area contributed by atoms with Crippen molar-refractivity contribution in [1.82, 2.24) is 10.2 Å². The fourth-order valence-corrected chi connectivity index (χ4v) is 3.98. The number of rotatable bonds is 5. The Morgan fingerprint density at radius 1 is 1.50 bits per heavy atom. The molecule has 4 heteroatoms. The largest absolute Gasteiger partial charge is 0.309 e. The van der Waals surface area contributed by atoms with Gasteiger partial charge in [-0.15, -0.1) is 0 Å². The Morgan fingerprint density at radius 3 is 3.00 bits per heavy atom. The standard InChI is InChI=1S/C16H25FN2S/c1-4-7-18-16(15-11-20-9-8-19(15)3)13-10-12(2)5-6-14(13)17/h5-6,10,15-16,18H,4,7-9,11H2,1-3H3. The lowest BCUT2D eigenvalue weighted by molar-refractivity contribution is 0.213. The van der Waals surface area contributed by atoms with Crippen molar-refractivity contribution in [2.45, 2.75) is 32.4 Å². The second kappa shape index (κ2) is 7.43. The van der Waals surface area contributed by atoms with Crippen LogP contribution in [0.1, 0.15) is 30.5 Å². The maximum atomic E-state index is 14.3. The van der Waals surface area contributed by atoms with E-state index in [1.165, 1.54) is 5.75 Å². The van der Waals surface area contributed by atoms with Crippen molar-refractivity contribution >= 4 is 11.8 Å². The molecule has 2 rings (SSSR count). The molecule has 20 heavy (non-hydrogen) atoms. The zero-order valence-corrected chi connectivity index (χ0v) is 13.5. The summed E-state index contributed by atoms with van der Waals surface area (Å²) in [6, 6.07) is 5.87. The zero-order chi connectivity index (χ0) is 14.5. The van der Waals surface area contributed by atoms with Gasteiger partial charge < -0.3 is 5.32 Å². The van der Waals surface area contributed by atoms with Crippen LogP contribution in [0.4, 0.5) is 4.39 Å². The molecule has 0 saturated carbocycles. The van der Waals surface area contributed by atoms with Gasteiger partial charge in [0.25, 0.3) is 0 Å². The first-order valence-corrected chi connectivity index (χ1v) is 8.56. The SMILES string of the molecule is CCCNC(c1cc(C)ccc1F)C1CSCCN1C. The van der Waals surface area contributed by atoms with Gasteiger partial charge in [0.05, 0.1) is 6.04 Å². The molecule has 1 saturated heterocycles. The minimum Gasteiger partial charge on any atom is -0.309 e. The van der Waals surface area contributed by atoms with E-state index in [2.05, 4.69) is 24.2 Å². The lowest BCUT2D eigenvalue weighted by Crippen LogP contribution is -2.48. The van der Waals surface area contributed by atoms with Crippen LogP contribution in [0.5, 0.6) is 0 Å². The van der Waals surface area contributed by atoms with Crippen LogP contribution in [0.3, 0.4) is 0 Å². The third-order valence-corrected chi connectivity index (χ3v) is 4.98. The molecule has 2 atom stereocenters. The van der Waals surface area contributed by atoms with Crippen molar-refractivity contribution in [2.24, 2.45) is 0 Å². The van der Waals surface area contributed by atoms with Crippen molar-refractivity contribution in [3.8, 4) is 0 Å². The van der Waals surface area contributed by atoms with Crippen LogP contribution in [-0.2, 0) is 0 Å². The topological polar surface area (TPSA) is 15.3 Å². The minimum atomic E-state index is -0.0897. The molecule has 1 aliphatic rings. The summed E-state index contributed by atoms with van der Waals surface area (Å²) in [6.45, 7) is 6.18. The van der Waals surface area contributed by atoms with E-state index in [0.717, 1.165) is 36.4 Å². The molecule has 1 heterocycles. The van der Waals surface area contributed by atoms with Crippen LogP contribution in [0.25, 0.3) is 0 Å². The van der Waals surface area contributed by atoms with Gasteiger partial charge in [-0.05, 0) is 33.0 Å². The smallest absolute Gasteiger partial charge is 0.128 e. The highest BCUT2D eigenvalue weighted by Crippen LogP contribution is 2.29. The number of hydrogen-bond donors (Lipinski definition) is 1. The van der Waals surface area contributed by atoms with Crippen molar-refractivity contribution in [2.75, 3.05) is 31.6 Å². The Morgan fingerprint density at radius 2 is 2.30 bits per heavy atom. The first kappa shape index (κ1) is 15.8. The van der Waals surface area contributed by atoms with Gasteiger partial charge in [-0.3, -0.25) is 4.90 Å². The predicted molar refractivity (Wildman–Crippen MR) is 85.9 cm³/mol. The molecule has 1 aliphatic heterocycles. The number of thioether (sulfide) groups is 1. The molecule has 1 aromatic carbocycles. The van der Waals surface area contributed by atoms with E-state index < -0.39 is 0 Å². The molecular weight excluding hydrogens is 271 g/mol. The van der Waals surface area contributed by atoms with E-state index in [-0.39, 0.29) is 11.9 Å². The van der Waals surface area contributed by atoms with E-state index in [4.69, 9.17) is 0 Å². The van der Waals surface area contributed by atoms with Crippen molar-refractivity contribution in [3.05, 3.63) is 35.1 Å². The number of hydrogen-bond acceptors (Lipinski definition) is 3. The minimum absolute atomic E-state index is 0.0765. The average Bonchev–Trinajstić information content (AvgIpc) is 2.44. The molecule has 112 valence electrons. The lowest BCUT2D eigenvalue weighted by Gasteiger charge is -2.38. The van der Waals surface area contributed by atoms with Crippen LogP contribution >= 0.6 is 11.8 Å². The van der Waals surface area contributed by atoms with Crippen molar-refractivity contribution < 1.29 is 4.39 Å². The Labute approximate surface area is 126 Å². The number of halogens is 1. The summed E-state index contributed by atoms with van der Waals surface area (Å²) in [6.07, 6.45) is 1.06. The molecule has 2 nitrogen and oxygen atoms in total. The molecule has 2 unspecified atom stereocenters. The number of nitrogens with zero attached hydrogens (tertiary/aromatic N) is 1. The average molecular weight is 296 g/mol. The Hall–Kier alpha value is -0.580. The first-order chi connectivity index (χ1) is 9.63. The van der Waals surface area contributed by atoms with Gasteiger partial charge in [0.15, 0.2) is 0 Å². The number of likely N-dealkylation sites (N-methyl/N-ethyl adjacent to an activating group) is 1. The Balaban J connectivity index is 2.28. The van der Waals surface area contributed by atoms with Crippen molar-refractivity contribution in [3.63, 3.8) is 0 Å². The molecule has 0 radical (unpaired) electrons. The van der Waals surface area contributed by atoms with E-state index in [9.17, 15) is 4.39 Å². The fourth-order valence-electron chi connectivity index (χ4n) is 2.71. The monoisotopic (exact) mass is 296 g/mol. The first-order valence-electron chi connectivity index (χ1n) is 7.41. The summed E-state index contributed by atoms with van der Waals surface area (Å²) >= 11 is 1.97. The van der Waals surface area contributed by atoms with Gasteiger partial charge in [0.2, 0.25) is 0 Å². The third kappa shape index (κ3) is 3.74. The van der Waals surface area contributed by atoms with Crippen LogP contribution in [0.15, 0.2) is 18.2 Å². The van der Waals surface area contributed by atoms with Gasteiger partial charge >= 0.3 is 0 Å². The molecular formula is C16H25FN2S. The quantitative estimate of drug-likeness (QED) is 0.898. The molecule has 0 bridgehead atoms. The molecule has 1 aromatic rings. The van der Waals surface area contributed by atoms with Crippen molar-refractivity contribution in [1.29, 1.82) is 0 Å². The lowest BCUT2D eigenvalue weighted by atomic mass is 9.96.